The van der Waals surface area contributed by atoms with Crippen molar-refractivity contribution in [2.24, 2.45) is 5.41 Å². The maximum Gasteiger partial charge on any atom is 0.0547 e. The maximum absolute atomic E-state index is 5.26. The summed E-state index contributed by atoms with van der Waals surface area (Å²) in [7, 11) is 0. The Kier molecular flexibility index (Phi) is 0.866. The first-order valence-electron chi connectivity index (χ1n) is 3.20. The molecule has 0 aromatic carbocycles. The number of ether oxygens (including phenoxy) is 1. The molecular formula is C6H11NO. The summed E-state index contributed by atoms with van der Waals surface area (Å²) in [6, 6.07) is 0. The minimum atomic E-state index is 0.583. The van der Waals surface area contributed by atoms with Crippen molar-refractivity contribution in [1.82, 2.24) is 5.32 Å². The zero-order chi connectivity index (χ0) is 5.45. The molecule has 2 fully saturated rings. The molecule has 1 spiro atoms. The third-order valence-corrected chi connectivity index (χ3v) is 2.18. The first-order valence-corrected chi connectivity index (χ1v) is 3.20. The molecule has 1 N–H and O–H groups in total. The summed E-state index contributed by atoms with van der Waals surface area (Å²) in [6.45, 7) is 4.36. The van der Waals surface area contributed by atoms with Crippen LogP contribution in [0.1, 0.15) is 6.42 Å². The summed E-state index contributed by atoms with van der Waals surface area (Å²) in [5.41, 5.74) is 0.583. The van der Waals surface area contributed by atoms with Crippen molar-refractivity contribution in [3.8, 4) is 0 Å². The SMILES string of the molecule is C1CC2(CNC2)CO1. The van der Waals surface area contributed by atoms with Gasteiger partial charge >= 0.3 is 0 Å². The Morgan fingerprint density at radius 2 is 2.25 bits per heavy atom. The van der Waals surface area contributed by atoms with Gasteiger partial charge in [-0.25, -0.2) is 0 Å². The minimum absolute atomic E-state index is 0.583. The average Bonchev–Trinajstić information content (AvgIpc) is 2.07. The highest BCUT2D eigenvalue weighted by atomic mass is 16.5. The van der Waals surface area contributed by atoms with Crippen LogP contribution in [-0.4, -0.2) is 26.3 Å². The molecule has 46 valence electrons. The second-order valence-electron chi connectivity index (χ2n) is 2.91. The highest BCUT2D eigenvalue weighted by molar-refractivity contribution is 4.94. The molecule has 0 bridgehead atoms. The lowest BCUT2D eigenvalue weighted by Crippen LogP contribution is -2.53. The predicted octanol–water partition coefficient (Wildman–Crippen LogP) is -0.00370. The van der Waals surface area contributed by atoms with Gasteiger partial charge in [0.2, 0.25) is 0 Å². The van der Waals surface area contributed by atoms with Gasteiger partial charge in [-0.2, -0.15) is 0 Å². The Balaban J connectivity index is 2.01. The normalized spacial score (nSPS) is 33.0. The molecule has 0 unspecified atom stereocenters. The fourth-order valence-electron chi connectivity index (χ4n) is 1.41. The summed E-state index contributed by atoms with van der Waals surface area (Å²) in [5.74, 6) is 0. The summed E-state index contributed by atoms with van der Waals surface area (Å²) < 4.78 is 5.26. The van der Waals surface area contributed by atoms with Gasteiger partial charge in [-0.1, -0.05) is 0 Å². The first-order chi connectivity index (χ1) is 3.91. The van der Waals surface area contributed by atoms with Gasteiger partial charge in [-0.05, 0) is 6.42 Å². The van der Waals surface area contributed by atoms with Crippen LogP contribution in [0.5, 0.6) is 0 Å². The Morgan fingerprint density at radius 1 is 1.38 bits per heavy atom. The smallest absolute Gasteiger partial charge is 0.0547 e. The van der Waals surface area contributed by atoms with Gasteiger partial charge < -0.3 is 10.1 Å². The van der Waals surface area contributed by atoms with E-state index in [1.54, 1.807) is 0 Å². The third-order valence-electron chi connectivity index (χ3n) is 2.18. The summed E-state index contributed by atoms with van der Waals surface area (Å²) in [6.07, 6.45) is 1.28. The lowest BCUT2D eigenvalue weighted by atomic mass is 9.81. The van der Waals surface area contributed by atoms with Gasteiger partial charge in [0.15, 0.2) is 0 Å². The molecule has 2 saturated heterocycles. The molecule has 0 aromatic rings. The highest BCUT2D eigenvalue weighted by Gasteiger charge is 2.40. The second-order valence-corrected chi connectivity index (χ2v) is 2.91. The molecule has 0 saturated carbocycles. The number of nitrogens with one attached hydrogen (secondary N) is 1. The van der Waals surface area contributed by atoms with E-state index in [4.69, 9.17) is 4.74 Å². The Bertz CT molecular complexity index is 90.7. The molecule has 2 heterocycles. The molecule has 8 heavy (non-hydrogen) atoms. The molecule has 0 amide bonds. The lowest BCUT2D eigenvalue weighted by Gasteiger charge is -2.37. The molecule has 2 heteroatoms. The number of hydrogen-bond acceptors (Lipinski definition) is 2. The van der Waals surface area contributed by atoms with Crippen molar-refractivity contribution in [2.75, 3.05) is 26.3 Å². The monoisotopic (exact) mass is 113 g/mol. The zero-order valence-electron chi connectivity index (χ0n) is 4.94. The standard InChI is InChI=1S/C6H11NO/c1-2-8-5-6(1)3-7-4-6/h7H,1-5H2. The van der Waals surface area contributed by atoms with Crippen molar-refractivity contribution in [3.05, 3.63) is 0 Å². The van der Waals surface area contributed by atoms with Gasteiger partial charge in [0.25, 0.3) is 0 Å². The van der Waals surface area contributed by atoms with Crippen LogP contribution in [0.25, 0.3) is 0 Å². The van der Waals surface area contributed by atoms with Crippen molar-refractivity contribution >= 4 is 0 Å². The average molecular weight is 113 g/mol. The van der Waals surface area contributed by atoms with E-state index in [1.165, 1.54) is 19.5 Å². The zero-order valence-corrected chi connectivity index (χ0v) is 4.94. The fraction of sp³-hybridized carbons (Fsp3) is 1.00. The van der Waals surface area contributed by atoms with E-state index in [2.05, 4.69) is 5.32 Å². The molecule has 2 aliphatic rings. The molecule has 0 atom stereocenters. The summed E-state index contributed by atoms with van der Waals surface area (Å²) in [4.78, 5) is 0. The Hall–Kier alpha value is -0.0800. The fourth-order valence-corrected chi connectivity index (χ4v) is 1.41. The molecule has 2 aliphatic heterocycles. The van der Waals surface area contributed by atoms with Crippen LogP contribution in [0.3, 0.4) is 0 Å². The lowest BCUT2D eigenvalue weighted by molar-refractivity contribution is 0.112. The second kappa shape index (κ2) is 1.45. The van der Waals surface area contributed by atoms with Crippen molar-refractivity contribution in [1.29, 1.82) is 0 Å². The van der Waals surface area contributed by atoms with Gasteiger partial charge in [-0.3, -0.25) is 0 Å². The van der Waals surface area contributed by atoms with Crippen LogP contribution in [0.2, 0.25) is 0 Å². The largest absolute Gasteiger partial charge is 0.381 e. The Morgan fingerprint density at radius 3 is 2.50 bits per heavy atom. The maximum atomic E-state index is 5.26. The molecule has 0 aliphatic carbocycles. The van der Waals surface area contributed by atoms with Crippen LogP contribution in [0.4, 0.5) is 0 Å². The topological polar surface area (TPSA) is 21.3 Å². The molecule has 2 rings (SSSR count). The van der Waals surface area contributed by atoms with E-state index >= 15 is 0 Å². The Labute approximate surface area is 49.2 Å². The molecular weight excluding hydrogens is 102 g/mol. The number of rotatable bonds is 0. The van der Waals surface area contributed by atoms with Crippen molar-refractivity contribution < 1.29 is 4.74 Å². The molecule has 0 radical (unpaired) electrons. The van der Waals surface area contributed by atoms with E-state index < -0.39 is 0 Å². The van der Waals surface area contributed by atoms with E-state index in [1.807, 2.05) is 0 Å². The van der Waals surface area contributed by atoms with E-state index in [0.29, 0.717) is 5.41 Å². The quantitative estimate of drug-likeness (QED) is 0.477. The summed E-state index contributed by atoms with van der Waals surface area (Å²) in [5, 5.41) is 3.26. The van der Waals surface area contributed by atoms with Crippen molar-refractivity contribution in [3.63, 3.8) is 0 Å². The van der Waals surface area contributed by atoms with E-state index in [9.17, 15) is 0 Å². The highest BCUT2D eigenvalue weighted by Crippen LogP contribution is 2.31. The number of hydrogen-bond donors (Lipinski definition) is 1. The van der Waals surface area contributed by atoms with Gasteiger partial charge in [0.05, 0.1) is 6.61 Å². The molecule has 0 aromatic heterocycles. The van der Waals surface area contributed by atoms with Crippen LogP contribution < -0.4 is 5.32 Å². The van der Waals surface area contributed by atoms with Crippen LogP contribution >= 0.6 is 0 Å². The third kappa shape index (κ3) is 0.501. The molecule has 2 nitrogen and oxygen atoms in total. The van der Waals surface area contributed by atoms with Gasteiger partial charge in [-0.15, -0.1) is 0 Å². The van der Waals surface area contributed by atoms with Crippen LogP contribution in [0.15, 0.2) is 0 Å². The van der Waals surface area contributed by atoms with E-state index in [-0.39, 0.29) is 0 Å². The summed E-state index contributed by atoms with van der Waals surface area (Å²) >= 11 is 0. The van der Waals surface area contributed by atoms with Crippen molar-refractivity contribution in [2.45, 2.75) is 6.42 Å². The van der Waals surface area contributed by atoms with Crippen LogP contribution in [0, 0.1) is 5.41 Å². The van der Waals surface area contributed by atoms with Gasteiger partial charge in [0, 0.05) is 25.1 Å². The predicted molar refractivity (Wildman–Crippen MR) is 30.7 cm³/mol. The van der Waals surface area contributed by atoms with E-state index in [0.717, 1.165) is 13.2 Å². The first kappa shape index (κ1) is 4.77. The van der Waals surface area contributed by atoms with Crippen LogP contribution in [-0.2, 0) is 4.74 Å². The van der Waals surface area contributed by atoms with Gasteiger partial charge in [0.1, 0.15) is 0 Å². The minimum Gasteiger partial charge on any atom is -0.381 e.